The largest absolute Gasteiger partial charge is 0.389 e. The first-order valence-corrected chi connectivity index (χ1v) is 9.92. The fourth-order valence-corrected chi connectivity index (χ4v) is 3.83. The molecule has 0 radical (unpaired) electrons. The molecule has 1 aromatic carbocycles. The van der Waals surface area contributed by atoms with Crippen LogP contribution in [0.4, 0.5) is 0 Å². The molecule has 1 fully saturated rings. The molecule has 0 spiro atoms. The van der Waals surface area contributed by atoms with E-state index < -0.39 is 22.2 Å². The van der Waals surface area contributed by atoms with Crippen LogP contribution in [-0.4, -0.2) is 49.9 Å². The second kappa shape index (κ2) is 8.24. The van der Waals surface area contributed by atoms with E-state index in [2.05, 4.69) is 15.0 Å². The highest BCUT2D eigenvalue weighted by molar-refractivity contribution is 7.89. The monoisotopic (exact) mass is 377 g/mol. The first-order chi connectivity index (χ1) is 12.5. The topological polar surface area (TPSA) is 101 Å². The van der Waals surface area contributed by atoms with Gasteiger partial charge in [-0.15, -0.1) is 0 Å². The maximum absolute atomic E-state index is 12.3. The van der Waals surface area contributed by atoms with Gasteiger partial charge in [-0.2, -0.15) is 0 Å². The van der Waals surface area contributed by atoms with Crippen molar-refractivity contribution in [2.24, 2.45) is 0 Å². The molecule has 0 aliphatic carbocycles. The average Bonchev–Trinajstić information content (AvgIpc) is 2.99. The van der Waals surface area contributed by atoms with Gasteiger partial charge < -0.3 is 15.2 Å². The fraction of sp³-hybridized carbons (Fsp3) is 0.389. The van der Waals surface area contributed by atoms with Gasteiger partial charge in [0.25, 0.3) is 0 Å². The summed E-state index contributed by atoms with van der Waals surface area (Å²) in [5.41, 5.74) is 1.99. The summed E-state index contributed by atoms with van der Waals surface area (Å²) in [6.45, 7) is 2.78. The van der Waals surface area contributed by atoms with Crippen LogP contribution >= 0.6 is 0 Å². The van der Waals surface area contributed by atoms with Crippen LogP contribution in [0.2, 0.25) is 0 Å². The van der Waals surface area contributed by atoms with Crippen LogP contribution in [0.1, 0.15) is 11.1 Å². The lowest BCUT2D eigenvalue weighted by Gasteiger charge is -2.19. The van der Waals surface area contributed by atoms with Crippen molar-refractivity contribution in [2.45, 2.75) is 36.6 Å². The summed E-state index contributed by atoms with van der Waals surface area (Å²) < 4.78 is 32.7. The van der Waals surface area contributed by atoms with Crippen molar-refractivity contribution in [1.82, 2.24) is 15.0 Å². The molecule has 7 nitrogen and oxygen atoms in total. The minimum absolute atomic E-state index is 0.0163. The van der Waals surface area contributed by atoms with Gasteiger partial charge in [-0.25, -0.2) is 13.1 Å². The summed E-state index contributed by atoms with van der Waals surface area (Å²) in [7, 11) is -3.63. The Morgan fingerprint density at radius 2 is 2.04 bits per heavy atom. The van der Waals surface area contributed by atoms with E-state index >= 15 is 0 Å². The number of sulfonamides is 1. The maximum Gasteiger partial charge on any atom is 0.240 e. The highest BCUT2D eigenvalue weighted by Gasteiger charge is 2.36. The van der Waals surface area contributed by atoms with Crippen LogP contribution in [-0.2, 0) is 21.3 Å². The highest BCUT2D eigenvalue weighted by Crippen LogP contribution is 2.16. The molecular weight excluding hydrogens is 354 g/mol. The van der Waals surface area contributed by atoms with Crippen molar-refractivity contribution < 1.29 is 18.3 Å². The number of hydrogen-bond donors (Lipinski definition) is 3. The molecule has 3 rings (SSSR count). The van der Waals surface area contributed by atoms with E-state index in [-0.39, 0.29) is 17.5 Å². The molecule has 2 aromatic rings. The van der Waals surface area contributed by atoms with E-state index in [1.54, 1.807) is 36.7 Å². The average molecular weight is 377 g/mol. The lowest BCUT2D eigenvalue weighted by molar-refractivity contribution is 0.0443. The third-order valence-corrected chi connectivity index (χ3v) is 5.82. The molecule has 2 heterocycles. The van der Waals surface area contributed by atoms with Crippen molar-refractivity contribution in [3.8, 4) is 0 Å². The van der Waals surface area contributed by atoms with E-state index in [1.165, 1.54) is 0 Å². The Morgan fingerprint density at radius 3 is 2.73 bits per heavy atom. The zero-order chi connectivity index (χ0) is 18.6. The van der Waals surface area contributed by atoms with E-state index in [4.69, 9.17) is 4.74 Å². The van der Waals surface area contributed by atoms with Crippen LogP contribution < -0.4 is 10.0 Å². The minimum Gasteiger partial charge on any atom is -0.389 e. The van der Waals surface area contributed by atoms with Gasteiger partial charge in [0.1, 0.15) is 0 Å². The number of aliphatic hydroxyl groups excluding tert-OH is 1. The molecule has 0 amide bonds. The summed E-state index contributed by atoms with van der Waals surface area (Å²) in [5.74, 6) is 0. The van der Waals surface area contributed by atoms with E-state index in [1.807, 2.05) is 19.1 Å². The number of hydrogen-bond acceptors (Lipinski definition) is 6. The molecule has 1 saturated heterocycles. The number of aliphatic hydroxyl groups is 1. The number of pyridine rings is 1. The summed E-state index contributed by atoms with van der Waals surface area (Å²) in [4.78, 5) is 4.24. The van der Waals surface area contributed by atoms with Crippen molar-refractivity contribution in [3.63, 3.8) is 0 Å². The Hall–Kier alpha value is -1.84. The summed E-state index contributed by atoms with van der Waals surface area (Å²) in [5, 5.41) is 13.6. The number of nitrogens with zero attached hydrogens (tertiary/aromatic N) is 1. The van der Waals surface area contributed by atoms with Crippen LogP contribution in [0, 0.1) is 6.92 Å². The van der Waals surface area contributed by atoms with Gasteiger partial charge in [0.15, 0.2) is 0 Å². The van der Waals surface area contributed by atoms with Crippen molar-refractivity contribution in [1.29, 1.82) is 0 Å². The Balaban J connectivity index is 1.52. The van der Waals surface area contributed by atoms with Gasteiger partial charge in [0.2, 0.25) is 10.0 Å². The van der Waals surface area contributed by atoms with E-state index in [0.29, 0.717) is 13.2 Å². The fourth-order valence-electron chi connectivity index (χ4n) is 2.79. The SMILES string of the molecule is Cc1ccc(S(=O)(=O)NC[C@H]2OC[C@@H](NCc3cccnc3)[C@@H]2O)cc1. The number of ether oxygens (including phenoxy) is 1. The second-order valence-corrected chi connectivity index (χ2v) is 8.14. The lowest BCUT2D eigenvalue weighted by atomic mass is 10.1. The van der Waals surface area contributed by atoms with E-state index in [9.17, 15) is 13.5 Å². The third kappa shape index (κ3) is 4.66. The van der Waals surface area contributed by atoms with Gasteiger partial charge in [0.05, 0.1) is 29.8 Å². The van der Waals surface area contributed by atoms with Gasteiger partial charge >= 0.3 is 0 Å². The quantitative estimate of drug-likeness (QED) is 0.653. The third-order valence-electron chi connectivity index (χ3n) is 4.38. The Bertz CT molecular complexity index is 812. The van der Waals surface area contributed by atoms with Crippen molar-refractivity contribution in [3.05, 3.63) is 59.9 Å². The zero-order valence-corrected chi connectivity index (χ0v) is 15.3. The van der Waals surface area contributed by atoms with Gasteiger partial charge in [-0.3, -0.25) is 4.98 Å². The first-order valence-electron chi connectivity index (χ1n) is 8.44. The summed E-state index contributed by atoms with van der Waals surface area (Å²) >= 11 is 0. The van der Waals surface area contributed by atoms with Crippen LogP contribution in [0.5, 0.6) is 0 Å². The first kappa shape index (κ1) is 18.9. The standard InChI is InChI=1S/C18H23N3O4S/c1-13-4-6-15(7-5-13)26(23,24)21-11-17-18(22)16(12-25-17)20-10-14-3-2-8-19-9-14/h2-9,16-18,20-22H,10-12H2,1H3/t16-,17-,18+/m1/s1. The molecule has 0 saturated carbocycles. The number of aryl methyl sites for hydroxylation is 1. The molecule has 8 heteroatoms. The Labute approximate surface area is 153 Å². The normalized spacial score (nSPS) is 23.2. The van der Waals surface area contributed by atoms with Gasteiger partial charge in [0, 0.05) is 25.5 Å². The number of rotatable bonds is 7. The predicted octanol–water partition coefficient (Wildman–Crippen LogP) is 0.586. The minimum atomic E-state index is -3.63. The highest BCUT2D eigenvalue weighted by atomic mass is 32.2. The second-order valence-electron chi connectivity index (χ2n) is 6.38. The number of benzene rings is 1. The summed E-state index contributed by atoms with van der Waals surface area (Å²) in [6.07, 6.45) is 2.06. The van der Waals surface area contributed by atoms with Gasteiger partial charge in [-0.05, 0) is 30.7 Å². The van der Waals surface area contributed by atoms with Crippen LogP contribution in [0.3, 0.4) is 0 Å². The predicted molar refractivity (Wildman–Crippen MR) is 97.0 cm³/mol. The Morgan fingerprint density at radius 1 is 1.27 bits per heavy atom. The Kier molecular flexibility index (Phi) is 6.00. The summed E-state index contributed by atoms with van der Waals surface area (Å²) in [6, 6.07) is 10.1. The molecule has 26 heavy (non-hydrogen) atoms. The molecule has 1 aliphatic rings. The molecule has 3 atom stereocenters. The van der Waals surface area contributed by atoms with Gasteiger partial charge in [-0.1, -0.05) is 23.8 Å². The van der Waals surface area contributed by atoms with Crippen molar-refractivity contribution in [2.75, 3.05) is 13.2 Å². The maximum atomic E-state index is 12.3. The van der Waals surface area contributed by atoms with Crippen LogP contribution in [0.25, 0.3) is 0 Å². The smallest absolute Gasteiger partial charge is 0.240 e. The number of aromatic nitrogens is 1. The molecular formula is C18H23N3O4S. The number of nitrogens with one attached hydrogen (secondary N) is 2. The molecule has 3 N–H and O–H groups in total. The molecule has 140 valence electrons. The molecule has 1 aromatic heterocycles. The van der Waals surface area contributed by atoms with Crippen molar-refractivity contribution >= 4 is 10.0 Å². The van der Waals surface area contributed by atoms with E-state index in [0.717, 1.165) is 11.1 Å². The molecule has 0 unspecified atom stereocenters. The molecule has 1 aliphatic heterocycles. The zero-order valence-electron chi connectivity index (χ0n) is 14.5. The lowest BCUT2D eigenvalue weighted by Crippen LogP contribution is -2.44. The van der Waals surface area contributed by atoms with Crippen LogP contribution in [0.15, 0.2) is 53.7 Å². The molecule has 0 bridgehead atoms.